The van der Waals surface area contributed by atoms with Crippen molar-refractivity contribution in [1.29, 1.82) is 0 Å². The molecule has 0 saturated carbocycles. The molecule has 0 amide bonds. The Labute approximate surface area is 779 Å². The summed E-state index contributed by atoms with van der Waals surface area (Å²) in [6.45, 7) is 7.04. The van der Waals surface area contributed by atoms with Gasteiger partial charge < -0.3 is 38.7 Å². The highest BCUT2D eigenvalue weighted by Crippen LogP contribution is 2.48. The van der Waals surface area contributed by atoms with E-state index in [1.165, 1.54) is 56.7 Å². The van der Waals surface area contributed by atoms with E-state index < -0.39 is 52.4 Å². The zero-order valence-electron chi connectivity index (χ0n) is 73.6. The summed E-state index contributed by atoms with van der Waals surface area (Å²) in [7, 11) is 3.51. The van der Waals surface area contributed by atoms with Gasteiger partial charge in [-0.25, -0.2) is 0 Å². The number of carbonyl (C=O) groups is 10. The third-order valence-electron chi connectivity index (χ3n) is 22.3. The zero-order valence-corrected chi connectivity index (χ0v) is 77.5. The Bertz CT molecular complexity index is 5400. The molecule has 0 bridgehead atoms. The first-order chi connectivity index (χ1) is 62.3. The fourth-order valence-electron chi connectivity index (χ4n) is 15.3. The molecule has 2 N–H and O–H groups in total. The molecule has 670 valence electrons. The monoisotopic (exact) mass is 1830 g/mol. The van der Waals surface area contributed by atoms with Crippen LogP contribution in [-0.2, 0) is 109 Å². The van der Waals surface area contributed by atoms with Crippen molar-refractivity contribution in [2.24, 2.45) is 35.5 Å². The van der Waals surface area contributed by atoms with Crippen LogP contribution in [0.5, 0.6) is 0 Å². The summed E-state index contributed by atoms with van der Waals surface area (Å²) in [5, 5.41) is 20.5. The Morgan fingerprint density at radius 3 is 1.00 bits per heavy atom. The number of methoxy groups -OCH3 is 2. The summed E-state index contributed by atoms with van der Waals surface area (Å²) in [4.78, 5) is 118. The first kappa shape index (κ1) is 104. The highest BCUT2D eigenvalue weighted by atomic mass is 35.5. The van der Waals surface area contributed by atoms with E-state index in [9.17, 15) is 58.2 Å². The molecular weight excluding hydrogens is 1720 g/mol. The highest BCUT2D eigenvalue weighted by Gasteiger charge is 2.37. The number of hydrogen-bond donors (Lipinski definition) is 2. The average Bonchev–Trinajstić information content (AvgIpc) is 1.66. The van der Waals surface area contributed by atoms with Crippen molar-refractivity contribution < 1.29 is 77.1 Å². The van der Waals surface area contributed by atoms with Gasteiger partial charge in [0.25, 0.3) is 0 Å². The van der Waals surface area contributed by atoms with Gasteiger partial charge in [-0.15, -0.1) is 36.0 Å². The van der Waals surface area contributed by atoms with Gasteiger partial charge in [-0.2, -0.15) is 0 Å². The molecule has 13 rings (SSSR count). The predicted molar refractivity (Wildman–Crippen MR) is 516 cm³/mol. The van der Waals surface area contributed by atoms with Crippen molar-refractivity contribution in [1.82, 2.24) is 0 Å². The van der Waals surface area contributed by atoms with Crippen LogP contribution >= 0.6 is 42.2 Å². The number of ketones is 4. The van der Waals surface area contributed by atoms with Gasteiger partial charge in [0, 0.05) is 79.0 Å². The van der Waals surface area contributed by atoms with Crippen molar-refractivity contribution in [2.45, 2.75) is 121 Å². The third-order valence-corrected chi connectivity index (χ3v) is 24.4. The Morgan fingerprint density at radius 2 is 0.674 bits per heavy atom. The number of carboxylic acids is 2. The zero-order chi connectivity index (χ0) is 93.8. The molecular formula is C108H110Cl3O16PS. The second-order valence-corrected chi connectivity index (χ2v) is 33.5. The summed E-state index contributed by atoms with van der Waals surface area (Å²) >= 11 is 23.4. The van der Waals surface area contributed by atoms with E-state index in [1.54, 1.807) is 6.92 Å². The first-order valence-electron chi connectivity index (χ1n) is 42.4. The lowest BCUT2D eigenvalue weighted by atomic mass is 9.84. The van der Waals surface area contributed by atoms with Crippen LogP contribution < -0.4 is 5.30 Å². The second kappa shape index (κ2) is 54.9. The van der Waals surface area contributed by atoms with Crippen molar-refractivity contribution in [2.75, 3.05) is 33.8 Å². The molecule has 7 atom stereocenters. The molecule has 0 radical (unpaired) electrons. The number of ether oxygens (including phenoxy) is 4. The molecule has 129 heavy (non-hydrogen) atoms. The average molecular weight is 1830 g/mol. The molecule has 2 aliphatic carbocycles. The van der Waals surface area contributed by atoms with E-state index in [-0.39, 0.29) is 97.6 Å². The molecule has 21 heteroatoms. The maximum Gasteiger partial charge on any atom is 0.309 e. The number of Topliss-reactive ketones (excluding diaryl/α,β-unsaturated/α-hetero) is 4. The van der Waals surface area contributed by atoms with E-state index in [4.69, 9.17) is 54.0 Å². The van der Waals surface area contributed by atoms with Gasteiger partial charge in [0.2, 0.25) is 0 Å². The van der Waals surface area contributed by atoms with Crippen molar-refractivity contribution in [3.8, 4) is 35.1 Å². The Kier molecular flexibility index (Phi) is 44.2. The van der Waals surface area contributed by atoms with Crippen molar-refractivity contribution in [3.63, 3.8) is 0 Å². The Hall–Kier alpha value is -12.1. The molecule has 16 nitrogen and oxygen atoms in total. The molecule has 0 aliphatic heterocycles. The number of carboxylic acid groups (broad SMARTS) is 2. The number of fused-ring (bicyclic) bond motifs is 6. The van der Waals surface area contributed by atoms with Crippen LogP contribution in [0.4, 0.5) is 0 Å². The van der Waals surface area contributed by atoms with Gasteiger partial charge in [-0.3, -0.25) is 38.4 Å². The van der Waals surface area contributed by atoms with Gasteiger partial charge >= 0.3 is 35.8 Å². The summed E-state index contributed by atoms with van der Waals surface area (Å²) in [6, 6.07) is 96.3. The number of esters is 4. The molecule has 11 aromatic carbocycles. The molecule has 2 aliphatic rings. The lowest BCUT2D eigenvalue weighted by molar-refractivity contribution is -0.153. The van der Waals surface area contributed by atoms with Gasteiger partial charge in [0.1, 0.15) is 41.2 Å². The van der Waals surface area contributed by atoms with Crippen LogP contribution in [0.3, 0.4) is 0 Å². The van der Waals surface area contributed by atoms with Gasteiger partial charge in [-0.1, -0.05) is 316 Å². The quantitative estimate of drug-likeness (QED) is 0.00925. The number of rotatable bonds is 36. The molecule has 0 spiro atoms. The molecule has 0 aromatic heterocycles. The SMILES string of the molecule is C#C.CC(=O)CC[C@H](C)C(=O)C[C@@H](Cc1ccccc1)C(=O)O.CCl.COC(=O)[C@@H](CC(=O)OCC1c2ccccc2-c2ccccc21)Cc1ccccc1.COC(=O)[C@@H](CC(=O)[C@@H](C)CCC(C)=O)Cc1ccccc1.O=C(C[C@@H](Cc1ccccc1)C(=O)O)OCC1c2ccccc2-c2ccccc21.S=Pc1ccc(C(Cl)(c2ccccc2)c2ccccc2Cl)cc1. The van der Waals surface area contributed by atoms with E-state index in [1.807, 2.05) is 256 Å². The van der Waals surface area contributed by atoms with E-state index in [0.717, 1.165) is 73.9 Å². The number of benzene rings is 11. The topological polar surface area (TPSA) is 248 Å². The van der Waals surface area contributed by atoms with Crippen molar-refractivity contribution in [3.05, 3.63) is 363 Å². The maximum absolute atomic E-state index is 12.6. The van der Waals surface area contributed by atoms with Crippen molar-refractivity contribution >= 4 is 118 Å². The molecule has 0 saturated heterocycles. The highest BCUT2D eigenvalue weighted by molar-refractivity contribution is 7.99. The number of terminal acetylenes is 1. The van der Waals surface area contributed by atoms with Crippen LogP contribution in [0.25, 0.3) is 22.3 Å². The van der Waals surface area contributed by atoms with E-state index in [0.29, 0.717) is 56.4 Å². The summed E-state index contributed by atoms with van der Waals surface area (Å²) in [6.07, 6.45) is 12.9. The predicted octanol–water partition coefficient (Wildman–Crippen LogP) is 22.3. The normalized spacial score (nSPS) is 13.0. The minimum Gasteiger partial charge on any atom is -0.481 e. The van der Waals surface area contributed by atoms with Gasteiger partial charge in [0.05, 0.1) is 50.7 Å². The first-order valence-corrected chi connectivity index (χ1v) is 45.9. The van der Waals surface area contributed by atoms with Gasteiger partial charge in [-0.05, 0) is 148 Å². The molecule has 11 aromatic rings. The van der Waals surface area contributed by atoms with E-state index in [2.05, 4.69) is 73.0 Å². The van der Waals surface area contributed by atoms with Crippen LogP contribution in [0.1, 0.15) is 152 Å². The number of alkyl halides is 2. The van der Waals surface area contributed by atoms with Crippen LogP contribution in [0, 0.1) is 48.4 Å². The largest absolute Gasteiger partial charge is 0.481 e. The van der Waals surface area contributed by atoms with Gasteiger partial charge in [0.15, 0.2) is 0 Å². The lowest BCUT2D eigenvalue weighted by Gasteiger charge is -2.30. The third kappa shape index (κ3) is 31.9. The number of aliphatic carboxylic acids is 2. The summed E-state index contributed by atoms with van der Waals surface area (Å²) < 4.78 is 20.9. The Balaban J connectivity index is 0.000000220. The second-order valence-electron chi connectivity index (χ2n) is 31.3. The smallest absolute Gasteiger partial charge is 0.309 e. The molecule has 0 heterocycles. The summed E-state index contributed by atoms with van der Waals surface area (Å²) in [5.74, 6) is -6.56. The fourth-order valence-corrected chi connectivity index (χ4v) is 16.7. The molecule has 0 fully saturated rings. The molecule has 1 unspecified atom stereocenters. The number of hydrogen-bond acceptors (Lipinski definition) is 15. The van der Waals surface area contributed by atoms with Crippen LogP contribution in [-0.4, -0.2) is 103 Å². The number of halogens is 3. The minimum absolute atomic E-state index is 0.00240. The maximum atomic E-state index is 12.6. The number of carbonyl (C=O) groups excluding carboxylic acids is 8. The van der Waals surface area contributed by atoms with Crippen LogP contribution in [0.2, 0.25) is 5.02 Å². The fraction of sp³-hybridized carbons (Fsp3) is 0.278. The lowest BCUT2D eigenvalue weighted by Crippen LogP contribution is -2.25. The standard InChI is InChI=1S/C26H24O4.C25H22O4.C19H13Cl2PS.C18H24O4.C17H22O4.C2H2.CH3Cl/c1-29-26(28)19(15-18-9-3-2-4-10-18)16-25(27)30-17-24-22-13-7-5-11-20(22)21-12-6-8-14-23(21)24;26-24(15-18(25(27)28)14-17-8-2-1-3-9-17)29-16-23-21-12-6-4-10-19(21)20-11-5-7-13-22(20)23;20-18-9-5-4-8-17(18)19(21,14-6-2-1-3-7-14)15-10-12-16(22-23)13-11-15;1-13(9-10-14(2)19)17(20)12-16(18(21)22-3)11-15-7-5-4-6-8-15;1-12(8-9-13(2)18)16(19)11-15(17(20)21)10-14-6-4-3-5-7-14;2*1-2/h2-14,19,24H,15-17H2,1H3;1-13,18,23H,14-16H2,(H,27,28);1-13H;4-8,13,16H,9-12H2,1-3H3;3-7,12,15H,8-11H2,1-2H3,(H,20,21);1-2H;1H3/t19-;18-;;13-,16+;12-,15+;;/m11.00../s1. The van der Waals surface area contributed by atoms with Crippen LogP contribution in [0.15, 0.2) is 297 Å². The summed E-state index contributed by atoms with van der Waals surface area (Å²) in [5.41, 5.74) is 15.9. The minimum atomic E-state index is -0.984. The van der Waals surface area contributed by atoms with E-state index >= 15 is 0 Å². The Morgan fingerprint density at radius 1 is 0.395 bits per heavy atom.